The second-order valence-corrected chi connectivity index (χ2v) is 7.85. The number of methoxy groups -OCH3 is 2. The summed E-state index contributed by atoms with van der Waals surface area (Å²) < 4.78 is 11.0. The third-order valence-electron chi connectivity index (χ3n) is 5.75. The van der Waals surface area contributed by atoms with Gasteiger partial charge in [-0.2, -0.15) is 10.1 Å². The number of para-hydroxylation sites is 2. The van der Waals surface area contributed by atoms with E-state index >= 15 is 0 Å². The van der Waals surface area contributed by atoms with E-state index < -0.39 is 5.92 Å². The van der Waals surface area contributed by atoms with Crippen molar-refractivity contribution in [3.05, 3.63) is 83.9 Å². The van der Waals surface area contributed by atoms with Crippen LogP contribution in [0.15, 0.2) is 77.9 Å². The molecular formula is C27H27N3O4. The summed E-state index contributed by atoms with van der Waals surface area (Å²) in [4.78, 5) is 26.9. The zero-order valence-electron chi connectivity index (χ0n) is 19.4. The number of hydrogen-bond donors (Lipinski definition) is 1. The van der Waals surface area contributed by atoms with E-state index in [1.807, 2.05) is 73.7 Å². The van der Waals surface area contributed by atoms with Crippen LogP contribution in [0.25, 0.3) is 0 Å². The fourth-order valence-corrected chi connectivity index (χ4v) is 4.07. The van der Waals surface area contributed by atoms with Gasteiger partial charge in [-0.3, -0.25) is 9.59 Å². The van der Waals surface area contributed by atoms with Gasteiger partial charge < -0.3 is 14.8 Å². The Morgan fingerprint density at radius 1 is 0.971 bits per heavy atom. The molecule has 7 heteroatoms. The molecule has 1 aliphatic heterocycles. The van der Waals surface area contributed by atoms with Crippen LogP contribution in [0.3, 0.4) is 0 Å². The van der Waals surface area contributed by atoms with E-state index in [-0.39, 0.29) is 18.2 Å². The average Bonchev–Trinajstić information content (AvgIpc) is 2.98. The van der Waals surface area contributed by atoms with Gasteiger partial charge in [0.1, 0.15) is 0 Å². The lowest BCUT2D eigenvalue weighted by atomic mass is 9.87. The lowest BCUT2D eigenvalue weighted by Gasteiger charge is -2.22. The third-order valence-corrected chi connectivity index (χ3v) is 5.75. The summed E-state index contributed by atoms with van der Waals surface area (Å²) >= 11 is 0. The van der Waals surface area contributed by atoms with Gasteiger partial charge in [0.15, 0.2) is 11.5 Å². The number of carbonyl (C=O) groups is 2. The van der Waals surface area contributed by atoms with E-state index in [0.29, 0.717) is 34.9 Å². The predicted molar refractivity (Wildman–Crippen MR) is 133 cm³/mol. The lowest BCUT2D eigenvalue weighted by molar-refractivity contribution is -0.124. The molecule has 1 unspecified atom stereocenters. The Hall–Kier alpha value is -4.13. The number of amides is 2. The van der Waals surface area contributed by atoms with Crippen molar-refractivity contribution in [2.75, 3.05) is 24.5 Å². The highest BCUT2D eigenvalue weighted by Gasteiger charge is 2.35. The highest BCUT2D eigenvalue weighted by Crippen LogP contribution is 2.39. The van der Waals surface area contributed by atoms with Gasteiger partial charge in [-0.25, -0.2) is 0 Å². The minimum absolute atomic E-state index is 0.0495. The number of nitrogens with one attached hydrogen (secondary N) is 1. The summed E-state index contributed by atoms with van der Waals surface area (Å²) in [6, 6.07) is 22.0. The fraction of sp³-hybridized carbons (Fsp3) is 0.222. The number of hydrazone groups is 1. The van der Waals surface area contributed by atoms with E-state index in [1.54, 1.807) is 20.3 Å². The van der Waals surface area contributed by atoms with E-state index in [4.69, 9.17) is 14.6 Å². The lowest BCUT2D eigenvalue weighted by Crippen LogP contribution is -2.32. The van der Waals surface area contributed by atoms with Gasteiger partial charge in [0.25, 0.3) is 5.91 Å². The second-order valence-electron chi connectivity index (χ2n) is 7.85. The van der Waals surface area contributed by atoms with Crippen molar-refractivity contribution in [1.29, 1.82) is 0 Å². The van der Waals surface area contributed by atoms with Crippen molar-refractivity contribution in [2.24, 2.45) is 5.10 Å². The molecule has 1 heterocycles. The molecule has 0 spiro atoms. The third kappa shape index (κ3) is 4.64. The molecule has 1 N–H and O–H groups in total. The van der Waals surface area contributed by atoms with Crippen LogP contribution in [0.5, 0.6) is 11.5 Å². The number of benzene rings is 3. The van der Waals surface area contributed by atoms with Crippen molar-refractivity contribution >= 4 is 28.9 Å². The Morgan fingerprint density at radius 3 is 2.21 bits per heavy atom. The van der Waals surface area contributed by atoms with Crippen LogP contribution in [-0.4, -0.2) is 31.7 Å². The minimum Gasteiger partial charge on any atom is -0.493 e. The number of ether oxygens (including phenoxy) is 2. The molecule has 0 aromatic heterocycles. The Labute approximate surface area is 199 Å². The predicted octanol–water partition coefficient (Wildman–Crippen LogP) is 4.98. The van der Waals surface area contributed by atoms with Crippen molar-refractivity contribution in [2.45, 2.75) is 25.7 Å². The Morgan fingerprint density at radius 2 is 1.59 bits per heavy atom. The van der Waals surface area contributed by atoms with Crippen LogP contribution in [0.4, 0.5) is 11.4 Å². The van der Waals surface area contributed by atoms with Crippen molar-refractivity contribution in [3.8, 4) is 11.5 Å². The summed E-state index contributed by atoms with van der Waals surface area (Å²) in [6.07, 6.45) is 0.536. The largest absolute Gasteiger partial charge is 0.493 e. The fourth-order valence-electron chi connectivity index (χ4n) is 4.07. The van der Waals surface area contributed by atoms with Crippen LogP contribution in [0, 0.1) is 0 Å². The van der Waals surface area contributed by atoms with Gasteiger partial charge in [-0.1, -0.05) is 43.3 Å². The summed E-state index contributed by atoms with van der Waals surface area (Å²) in [5, 5.41) is 9.02. The average molecular weight is 458 g/mol. The highest BCUT2D eigenvalue weighted by atomic mass is 16.5. The summed E-state index contributed by atoms with van der Waals surface area (Å²) in [5.74, 6) is -0.294. The number of nitrogens with zero attached hydrogens (tertiary/aromatic N) is 2. The topological polar surface area (TPSA) is 80.2 Å². The Kier molecular flexibility index (Phi) is 6.92. The molecule has 174 valence electrons. The molecule has 34 heavy (non-hydrogen) atoms. The smallest absolute Gasteiger partial charge is 0.255 e. The van der Waals surface area contributed by atoms with Crippen LogP contribution in [0.2, 0.25) is 0 Å². The van der Waals surface area contributed by atoms with Gasteiger partial charge in [-0.15, -0.1) is 0 Å². The maximum Gasteiger partial charge on any atom is 0.255 e. The first-order chi connectivity index (χ1) is 16.5. The summed E-state index contributed by atoms with van der Waals surface area (Å²) in [5.41, 5.74) is 3.48. The molecule has 0 aliphatic carbocycles. The van der Waals surface area contributed by atoms with Crippen molar-refractivity contribution < 1.29 is 19.1 Å². The van der Waals surface area contributed by atoms with Crippen molar-refractivity contribution in [1.82, 2.24) is 0 Å². The SMILES string of the molecule is CCC1=NN(c2ccccc2)C(=O)C(CC(=O)Nc2ccccc2)c2cc(OC)c(OC)cc21. The molecule has 4 rings (SSSR count). The van der Waals surface area contributed by atoms with Crippen molar-refractivity contribution in [3.63, 3.8) is 0 Å². The molecular weight excluding hydrogens is 430 g/mol. The monoisotopic (exact) mass is 457 g/mol. The zero-order chi connectivity index (χ0) is 24.1. The van der Waals surface area contributed by atoms with Crippen LogP contribution in [-0.2, 0) is 9.59 Å². The molecule has 0 radical (unpaired) electrons. The van der Waals surface area contributed by atoms with Crippen LogP contribution in [0.1, 0.15) is 36.8 Å². The Balaban J connectivity index is 1.82. The maximum absolute atomic E-state index is 13.9. The number of fused-ring (bicyclic) bond motifs is 1. The maximum atomic E-state index is 13.9. The van der Waals surface area contributed by atoms with E-state index in [2.05, 4.69) is 5.32 Å². The highest BCUT2D eigenvalue weighted by molar-refractivity contribution is 6.11. The van der Waals surface area contributed by atoms with Crippen LogP contribution < -0.4 is 19.8 Å². The van der Waals surface area contributed by atoms with E-state index in [0.717, 1.165) is 11.3 Å². The summed E-state index contributed by atoms with van der Waals surface area (Å²) in [6.45, 7) is 1.98. The van der Waals surface area contributed by atoms with Crippen LogP contribution >= 0.6 is 0 Å². The quantitative estimate of drug-likeness (QED) is 0.543. The normalized spacial score (nSPS) is 15.1. The molecule has 0 saturated heterocycles. The van der Waals surface area contributed by atoms with E-state index in [9.17, 15) is 9.59 Å². The number of rotatable bonds is 7. The molecule has 0 fully saturated rings. The van der Waals surface area contributed by atoms with Gasteiger partial charge >= 0.3 is 0 Å². The molecule has 0 bridgehead atoms. The number of anilines is 2. The zero-order valence-corrected chi connectivity index (χ0v) is 19.4. The van der Waals surface area contributed by atoms with Gasteiger partial charge in [-0.05, 0) is 48.4 Å². The number of hydrogen-bond acceptors (Lipinski definition) is 5. The molecule has 3 aromatic rings. The summed E-state index contributed by atoms with van der Waals surface area (Å²) in [7, 11) is 3.11. The van der Waals surface area contributed by atoms with Gasteiger partial charge in [0, 0.05) is 17.7 Å². The first-order valence-electron chi connectivity index (χ1n) is 11.1. The Bertz CT molecular complexity index is 1210. The first-order valence-corrected chi connectivity index (χ1v) is 11.1. The first kappa shape index (κ1) is 23.0. The molecule has 0 saturated carbocycles. The molecule has 3 aromatic carbocycles. The molecule has 1 aliphatic rings. The molecule has 7 nitrogen and oxygen atoms in total. The van der Waals surface area contributed by atoms with Gasteiger partial charge in [0.05, 0.1) is 31.5 Å². The number of carbonyl (C=O) groups excluding carboxylic acids is 2. The van der Waals surface area contributed by atoms with E-state index in [1.165, 1.54) is 5.01 Å². The second kappa shape index (κ2) is 10.2. The molecule has 1 atom stereocenters. The minimum atomic E-state index is -0.772. The standard InChI is InChI=1S/C27H27N3O4/c1-4-23-21-16-25(34-3)24(33-2)15-20(21)22(17-26(31)28-18-11-7-5-8-12-18)27(32)30(29-23)19-13-9-6-10-14-19/h5-16,22H,4,17H2,1-3H3,(H,28,31). The van der Waals surface area contributed by atoms with Gasteiger partial charge in [0.2, 0.25) is 5.91 Å². The molecule has 2 amide bonds.